The molecule has 2 unspecified atom stereocenters. The summed E-state index contributed by atoms with van der Waals surface area (Å²) >= 11 is 0. The zero-order chi connectivity index (χ0) is 12.1. The molecule has 17 heavy (non-hydrogen) atoms. The van der Waals surface area contributed by atoms with Crippen LogP contribution in [-0.2, 0) is 4.79 Å². The fourth-order valence-electron chi connectivity index (χ4n) is 2.87. The van der Waals surface area contributed by atoms with Crippen LogP contribution < -0.4 is 10.6 Å². The molecular weight excluding hydrogens is 212 g/mol. The van der Waals surface area contributed by atoms with E-state index in [0.29, 0.717) is 11.9 Å². The maximum Gasteiger partial charge on any atom is 0.224 e. The van der Waals surface area contributed by atoms with Crippen molar-refractivity contribution in [2.24, 2.45) is 11.8 Å². The fourth-order valence-corrected chi connectivity index (χ4v) is 2.87. The molecule has 1 amide bonds. The standard InChI is InChI=1S/C14H26N2O/c1-2-3-7-13(11-5-4-6-11)16-14(17)12-8-9-15-10-12/h11-13,15H,2-10H2,1H3,(H,16,17). The Morgan fingerprint density at radius 2 is 2.24 bits per heavy atom. The van der Waals surface area contributed by atoms with Crippen LogP contribution in [-0.4, -0.2) is 25.0 Å². The minimum absolute atomic E-state index is 0.221. The lowest BCUT2D eigenvalue weighted by atomic mass is 9.78. The Labute approximate surface area is 105 Å². The first-order chi connectivity index (χ1) is 8.31. The van der Waals surface area contributed by atoms with E-state index >= 15 is 0 Å². The van der Waals surface area contributed by atoms with Gasteiger partial charge in [0.15, 0.2) is 0 Å². The molecule has 2 aliphatic rings. The second-order valence-corrected chi connectivity index (χ2v) is 5.64. The molecule has 2 atom stereocenters. The van der Waals surface area contributed by atoms with Crippen molar-refractivity contribution in [2.75, 3.05) is 13.1 Å². The van der Waals surface area contributed by atoms with Crippen LogP contribution in [0.15, 0.2) is 0 Å². The Hall–Kier alpha value is -0.570. The highest BCUT2D eigenvalue weighted by Gasteiger charge is 2.30. The van der Waals surface area contributed by atoms with Crippen LogP contribution in [0.3, 0.4) is 0 Å². The molecule has 0 aromatic heterocycles. The van der Waals surface area contributed by atoms with Gasteiger partial charge in [0.1, 0.15) is 0 Å². The number of rotatable bonds is 6. The summed E-state index contributed by atoms with van der Waals surface area (Å²) in [5, 5.41) is 6.58. The van der Waals surface area contributed by atoms with Crippen molar-refractivity contribution < 1.29 is 4.79 Å². The van der Waals surface area contributed by atoms with Crippen molar-refractivity contribution in [3.63, 3.8) is 0 Å². The highest BCUT2D eigenvalue weighted by atomic mass is 16.2. The molecule has 1 heterocycles. The van der Waals surface area contributed by atoms with E-state index in [4.69, 9.17) is 0 Å². The summed E-state index contributed by atoms with van der Waals surface area (Å²) in [4.78, 5) is 12.1. The SMILES string of the molecule is CCCCC(NC(=O)C1CCNC1)C1CCC1. The maximum atomic E-state index is 12.1. The van der Waals surface area contributed by atoms with Crippen LogP contribution in [0.2, 0.25) is 0 Å². The first-order valence-corrected chi connectivity index (χ1v) is 7.32. The highest BCUT2D eigenvalue weighted by Crippen LogP contribution is 2.31. The highest BCUT2D eigenvalue weighted by molar-refractivity contribution is 5.79. The largest absolute Gasteiger partial charge is 0.353 e. The predicted molar refractivity (Wildman–Crippen MR) is 69.8 cm³/mol. The van der Waals surface area contributed by atoms with Crippen molar-refractivity contribution >= 4 is 5.91 Å². The summed E-state index contributed by atoms with van der Waals surface area (Å²) in [6.07, 6.45) is 8.64. The zero-order valence-electron chi connectivity index (χ0n) is 11.0. The molecule has 0 radical (unpaired) electrons. The fraction of sp³-hybridized carbons (Fsp3) is 0.929. The van der Waals surface area contributed by atoms with Gasteiger partial charge >= 0.3 is 0 Å². The predicted octanol–water partition coefficient (Wildman–Crippen LogP) is 2.07. The van der Waals surface area contributed by atoms with Gasteiger partial charge in [-0.15, -0.1) is 0 Å². The molecule has 3 nitrogen and oxygen atoms in total. The van der Waals surface area contributed by atoms with Crippen molar-refractivity contribution in [1.82, 2.24) is 10.6 Å². The first-order valence-electron chi connectivity index (χ1n) is 7.32. The average molecular weight is 238 g/mol. The van der Waals surface area contributed by atoms with E-state index in [1.807, 2.05) is 0 Å². The van der Waals surface area contributed by atoms with E-state index in [2.05, 4.69) is 17.6 Å². The van der Waals surface area contributed by atoms with E-state index in [1.54, 1.807) is 0 Å². The molecule has 2 N–H and O–H groups in total. The monoisotopic (exact) mass is 238 g/mol. The van der Waals surface area contributed by atoms with Crippen LogP contribution in [0.5, 0.6) is 0 Å². The summed E-state index contributed by atoms with van der Waals surface area (Å²) in [7, 11) is 0. The van der Waals surface area contributed by atoms with E-state index < -0.39 is 0 Å². The van der Waals surface area contributed by atoms with Gasteiger partial charge in [-0.05, 0) is 38.1 Å². The summed E-state index contributed by atoms with van der Waals surface area (Å²) in [6, 6.07) is 0.455. The molecule has 2 fully saturated rings. The third-order valence-electron chi connectivity index (χ3n) is 4.35. The van der Waals surface area contributed by atoms with Crippen LogP contribution in [0.4, 0.5) is 0 Å². The van der Waals surface area contributed by atoms with Gasteiger partial charge in [0.2, 0.25) is 5.91 Å². The van der Waals surface area contributed by atoms with Crippen LogP contribution in [0.25, 0.3) is 0 Å². The molecular formula is C14H26N2O. The molecule has 0 aromatic carbocycles. The second-order valence-electron chi connectivity index (χ2n) is 5.64. The molecule has 1 aliphatic carbocycles. The quantitative estimate of drug-likeness (QED) is 0.744. The number of amides is 1. The molecule has 2 rings (SSSR count). The van der Waals surface area contributed by atoms with Crippen molar-refractivity contribution in [3.8, 4) is 0 Å². The molecule has 0 bridgehead atoms. The van der Waals surface area contributed by atoms with E-state index in [1.165, 1.54) is 38.5 Å². The van der Waals surface area contributed by atoms with Gasteiger partial charge in [-0.1, -0.05) is 26.2 Å². The number of carbonyl (C=O) groups is 1. The lowest BCUT2D eigenvalue weighted by Gasteiger charge is -2.35. The smallest absolute Gasteiger partial charge is 0.224 e. The minimum Gasteiger partial charge on any atom is -0.353 e. The normalized spacial score (nSPS) is 26.5. The third-order valence-corrected chi connectivity index (χ3v) is 4.35. The van der Waals surface area contributed by atoms with E-state index in [9.17, 15) is 4.79 Å². The summed E-state index contributed by atoms with van der Waals surface area (Å²) in [6.45, 7) is 4.10. The van der Waals surface area contributed by atoms with E-state index in [0.717, 1.165) is 25.4 Å². The molecule has 3 heteroatoms. The van der Waals surface area contributed by atoms with Crippen LogP contribution in [0, 0.1) is 11.8 Å². The lowest BCUT2D eigenvalue weighted by Crippen LogP contribution is -2.45. The third kappa shape index (κ3) is 3.44. The van der Waals surface area contributed by atoms with E-state index in [-0.39, 0.29) is 5.92 Å². The topological polar surface area (TPSA) is 41.1 Å². The molecule has 1 saturated heterocycles. The summed E-state index contributed by atoms with van der Waals surface area (Å²) in [5.41, 5.74) is 0. The molecule has 1 aliphatic heterocycles. The number of unbranched alkanes of at least 4 members (excludes halogenated alkanes) is 1. The van der Waals surface area contributed by atoms with Gasteiger partial charge in [-0.2, -0.15) is 0 Å². The lowest BCUT2D eigenvalue weighted by molar-refractivity contribution is -0.125. The molecule has 0 aromatic rings. The second kappa shape index (κ2) is 6.39. The Balaban J connectivity index is 1.80. The Kier molecular flexibility index (Phi) is 4.84. The van der Waals surface area contributed by atoms with Crippen LogP contribution >= 0.6 is 0 Å². The van der Waals surface area contributed by atoms with Crippen molar-refractivity contribution in [2.45, 2.75) is 57.9 Å². The first kappa shape index (κ1) is 12.9. The number of hydrogen-bond donors (Lipinski definition) is 2. The molecule has 98 valence electrons. The number of hydrogen-bond acceptors (Lipinski definition) is 2. The Morgan fingerprint density at radius 3 is 2.76 bits per heavy atom. The van der Waals surface area contributed by atoms with Crippen molar-refractivity contribution in [1.29, 1.82) is 0 Å². The maximum absolute atomic E-state index is 12.1. The van der Waals surface area contributed by atoms with Crippen molar-refractivity contribution in [3.05, 3.63) is 0 Å². The Bertz CT molecular complexity index is 245. The van der Waals surface area contributed by atoms with Gasteiger partial charge < -0.3 is 10.6 Å². The number of nitrogens with one attached hydrogen (secondary N) is 2. The van der Waals surface area contributed by atoms with Crippen LogP contribution in [0.1, 0.15) is 51.9 Å². The summed E-state index contributed by atoms with van der Waals surface area (Å²) in [5.74, 6) is 1.28. The van der Waals surface area contributed by atoms with Gasteiger partial charge in [0.25, 0.3) is 0 Å². The zero-order valence-corrected chi connectivity index (χ0v) is 11.0. The summed E-state index contributed by atoms with van der Waals surface area (Å²) < 4.78 is 0. The van der Waals surface area contributed by atoms with Gasteiger partial charge in [0, 0.05) is 12.6 Å². The van der Waals surface area contributed by atoms with Gasteiger partial charge in [-0.25, -0.2) is 0 Å². The Morgan fingerprint density at radius 1 is 1.41 bits per heavy atom. The van der Waals surface area contributed by atoms with Gasteiger partial charge in [0.05, 0.1) is 5.92 Å². The molecule has 0 spiro atoms. The average Bonchev–Trinajstić information content (AvgIpc) is 2.76. The minimum atomic E-state index is 0.221. The van der Waals surface area contributed by atoms with Gasteiger partial charge in [-0.3, -0.25) is 4.79 Å². The number of carbonyl (C=O) groups excluding carboxylic acids is 1. The molecule has 1 saturated carbocycles.